The zero-order valence-corrected chi connectivity index (χ0v) is 17.1. The SMILES string of the molecule is O=C(CCCBr)NCCS(=O)(=O)N1CCN(c2ccc(Cl)cc2)CC1. The van der Waals surface area contributed by atoms with E-state index in [9.17, 15) is 13.2 Å². The summed E-state index contributed by atoms with van der Waals surface area (Å²) < 4.78 is 26.3. The molecule has 2 rings (SSSR count). The number of benzene rings is 1. The highest BCUT2D eigenvalue weighted by atomic mass is 79.9. The van der Waals surface area contributed by atoms with Gasteiger partial charge in [-0.25, -0.2) is 8.42 Å². The van der Waals surface area contributed by atoms with Crippen LogP contribution in [0.1, 0.15) is 12.8 Å². The maximum absolute atomic E-state index is 12.4. The number of anilines is 1. The fraction of sp³-hybridized carbons (Fsp3) is 0.562. The lowest BCUT2D eigenvalue weighted by molar-refractivity contribution is -0.120. The first-order valence-corrected chi connectivity index (χ1v) is 11.3. The quantitative estimate of drug-likeness (QED) is 0.613. The van der Waals surface area contributed by atoms with E-state index in [1.54, 1.807) is 0 Å². The Bertz CT molecular complexity index is 662. The molecule has 1 fully saturated rings. The first-order chi connectivity index (χ1) is 11.9. The third kappa shape index (κ3) is 6.44. The van der Waals surface area contributed by atoms with Gasteiger partial charge in [-0.3, -0.25) is 4.79 Å². The molecule has 1 heterocycles. The lowest BCUT2D eigenvalue weighted by Crippen LogP contribution is -2.50. The molecule has 1 aromatic rings. The minimum Gasteiger partial charge on any atom is -0.369 e. The topological polar surface area (TPSA) is 69.7 Å². The van der Waals surface area contributed by atoms with E-state index >= 15 is 0 Å². The van der Waals surface area contributed by atoms with E-state index in [4.69, 9.17) is 11.6 Å². The minimum absolute atomic E-state index is 0.0615. The molecule has 6 nitrogen and oxygen atoms in total. The molecule has 0 radical (unpaired) electrons. The predicted molar refractivity (Wildman–Crippen MR) is 105 cm³/mol. The number of carbonyl (C=O) groups is 1. The van der Waals surface area contributed by atoms with Crippen molar-refractivity contribution in [1.82, 2.24) is 9.62 Å². The smallest absolute Gasteiger partial charge is 0.220 e. The standard InChI is InChI=1S/C16H23BrClN3O3S/c17-7-1-2-16(22)19-8-13-25(23,24)21-11-9-20(10-12-21)15-5-3-14(18)4-6-15/h3-6H,1-2,7-13H2,(H,19,22). The van der Waals surface area contributed by atoms with Crippen molar-refractivity contribution in [2.45, 2.75) is 12.8 Å². The van der Waals surface area contributed by atoms with Gasteiger partial charge in [0, 0.05) is 55.2 Å². The average Bonchev–Trinajstić information content (AvgIpc) is 2.60. The first kappa shape index (κ1) is 20.5. The summed E-state index contributed by atoms with van der Waals surface area (Å²) in [6, 6.07) is 7.54. The van der Waals surface area contributed by atoms with E-state index in [1.807, 2.05) is 24.3 Å². The Morgan fingerprint density at radius 1 is 1.16 bits per heavy atom. The number of sulfonamides is 1. The Morgan fingerprint density at radius 2 is 1.80 bits per heavy atom. The maximum Gasteiger partial charge on any atom is 0.220 e. The van der Waals surface area contributed by atoms with Crippen molar-refractivity contribution in [3.63, 3.8) is 0 Å². The molecule has 0 saturated carbocycles. The Kier molecular flexibility index (Phi) is 7.99. The van der Waals surface area contributed by atoms with Gasteiger partial charge in [0.05, 0.1) is 5.75 Å². The van der Waals surface area contributed by atoms with Gasteiger partial charge in [0.25, 0.3) is 0 Å². The second kappa shape index (κ2) is 9.75. The van der Waals surface area contributed by atoms with Crippen LogP contribution >= 0.6 is 27.5 Å². The molecule has 1 amide bonds. The highest BCUT2D eigenvalue weighted by Crippen LogP contribution is 2.20. The van der Waals surface area contributed by atoms with Crippen LogP contribution in [0.3, 0.4) is 0 Å². The van der Waals surface area contributed by atoms with Crippen LogP contribution in [0.2, 0.25) is 5.02 Å². The summed E-state index contributed by atoms with van der Waals surface area (Å²) in [5, 5.41) is 4.11. The third-order valence-electron chi connectivity index (χ3n) is 4.04. The van der Waals surface area contributed by atoms with Crippen molar-refractivity contribution in [2.24, 2.45) is 0 Å². The molecular formula is C16H23BrClN3O3S. The summed E-state index contributed by atoms with van der Waals surface area (Å²) in [7, 11) is -3.35. The Balaban J connectivity index is 1.78. The van der Waals surface area contributed by atoms with Gasteiger partial charge in [-0.05, 0) is 30.7 Å². The van der Waals surface area contributed by atoms with Gasteiger partial charge in [-0.2, -0.15) is 4.31 Å². The largest absolute Gasteiger partial charge is 0.369 e. The first-order valence-electron chi connectivity index (χ1n) is 8.23. The fourth-order valence-corrected chi connectivity index (χ4v) is 4.38. The van der Waals surface area contributed by atoms with Crippen LogP contribution < -0.4 is 10.2 Å². The molecule has 140 valence electrons. The van der Waals surface area contributed by atoms with E-state index in [1.165, 1.54) is 4.31 Å². The number of rotatable bonds is 8. The summed E-state index contributed by atoms with van der Waals surface area (Å²) >= 11 is 9.16. The van der Waals surface area contributed by atoms with Crippen molar-refractivity contribution in [1.29, 1.82) is 0 Å². The number of nitrogens with zero attached hydrogens (tertiary/aromatic N) is 2. The maximum atomic E-state index is 12.4. The zero-order chi connectivity index (χ0) is 18.3. The number of nitrogens with one attached hydrogen (secondary N) is 1. The third-order valence-corrected chi connectivity index (χ3v) is 6.73. The normalized spacial score (nSPS) is 16.0. The summed E-state index contributed by atoms with van der Waals surface area (Å²) in [6.07, 6.45) is 1.15. The highest BCUT2D eigenvalue weighted by Gasteiger charge is 2.26. The summed E-state index contributed by atoms with van der Waals surface area (Å²) in [4.78, 5) is 13.7. The molecule has 0 unspecified atom stereocenters. The van der Waals surface area contributed by atoms with Crippen molar-refractivity contribution in [2.75, 3.05) is 48.7 Å². The number of carbonyl (C=O) groups excluding carboxylic acids is 1. The molecular weight excluding hydrogens is 430 g/mol. The second-order valence-electron chi connectivity index (χ2n) is 5.82. The van der Waals surface area contributed by atoms with Gasteiger partial charge in [0.1, 0.15) is 0 Å². The van der Waals surface area contributed by atoms with Gasteiger partial charge in [-0.15, -0.1) is 0 Å². The number of piperazine rings is 1. The van der Waals surface area contributed by atoms with Crippen molar-refractivity contribution in [3.8, 4) is 0 Å². The molecule has 1 aliphatic rings. The number of hydrogen-bond donors (Lipinski definition) is 1. The molecule has 9 heteroatoms. The molecule has 0 atom stereocenters. The van der Waals surface area contributed by atoms with Crippen molar-refractivity contribution in [3.05, 3.63) is 29.3 Å². The van der Waals surface area contributed by atoms with Crippen LogP contribution in [0.5, 0.6) is 0 Å². The van der Waals surface area contributed by atoms with Crippen LogP contribution in [0, 0.1) is 0 Å². The summed E-state index contributed by atoms with van der Waals surface area (Å²) in [5.74, 6) is -0.171. The second-order valence-corrected chi connectivity index (χ2v) is 9.14. The summed E-state index contributed by atoms with van der Waals surface area (Å²) in [5.41, 5.74) is 1.04. The molecule has 0 aromatic heterocycles. The van der Waals surface area contributed by atoms with E-state index in [-0.39, 0.29) is 18.2 Å². The number of amides is 1. The highest BCUT2D eigenvalue weighted by molar-refractivity contribution is 9.09. The minimum atomic E-state index is -3.35. The molecule has 0 spiro atoms. The number of halogens is 2. The van der Waals surface area contributed by atoms with E-state index in [2.05, 4.69) is 26.1 Å². The molecule has 25 heavy (non-hydrogen) atoms. The fourth-order valence-electron chi connectivity index (χ4n) is 2.64. The van der Waals surface area contributed by atoms with Crippen LogP contribution in [0.15, 0.2) is 24.3 Å². The lowest BCUT2D eigenvalue weighted by Gasteiger charge is -2.35. The molecule has 0 bridgehead atoms. The van der Waals surface area contributed by atoms with Crippen molar-refractivity contribution < 1.29 is 13.2 Å². The average molecular weight is 453 g/mol. The lowest BCUT2D eigenvalue weighted by atomic mass is 10.2. The Morgan fingerprint density at radius 3 is 2.40 bits per heavy atom. The van der Waals surface area contributed by atoms with E-state index < -0.39 is 10.0 Å². The molecule has 1 aliphatic heterocycles. The van der Waals surface area contributed by atoms with Gasteiger partial charge < -0.3 is 10.2 Å². The molecule has 0 aliphatic carbocycles. The van der Waals surface area contributed by atoms with E-state index in [0.717, 1.165) is 17.4 Å². The van der Waals surface area contributed by atoms with Gasteiger partial charge >= 0.3 is 0 Å². The van der Waals surface area contributed by atoms with Gasteiger partial charge in [-0.1, -0.05) is 27.5 Å². The van der Waals surface area contributed by atoms with Crippen LogP contribution in [0.25, 0.3) is 0 Å². The summed E-state index contributed by atoms with van der Waals surface area (Å²) in [6.45, 7) is 2.32. The predicted octanol–water partition coefficient (Wildman–Crippen LogP) is 2.08. The Labute approximate surface area is 162 Å². The zero-order valence-electron chi connectivity index (χ0n) is 14.0. The van der Waals surface area contributed by atoms with Gasteiger partial charge in [0.15, 0.2) is 0 Å². The number of alkyl halides is 1. The van der Waals surface area contributed by atoms with Gasteiger partial charge in [0.2, 0.25) is 15.9 Å². The van der Waals surface area contributed by atoms with E-state index in [0.29, 0.717) is 37.6 Å². The molecule has 1 saturated heterocycles. The number of hydrogen-bond acceptors (Lipinski definition) is 4. The van der Waals surface area contributed by atoms with Crippen LogP contribution in [-0.4, -0.2) is 62.4 Å². The molecule has 1 N–H and O–H groups in total. The molecule has 1 aromatic carbocycles. The Hall–Kier alpha value is -0.830. The van der Waals surface area contributed by atoms with Crippen LogP contribution in [-0.2, 0) is 14.8 Å². The van der Waals surface area contributed by atoms with Crippen LogP contribution in [0.4, 0.5) is 5.69 Å². The monoisotopic (exact) mass is 451 g/mol. The van der Waals surface area contributed by atoms with Crippen molar-refractivity contribution >= 4 is 49.1 Å².